The van der Waals surface area contributed by atoms with E-state index in [-0.39, 0.29) is 16.5 Å². The van der Waals surface area contributed by atoms with Gasteiger partial charge in [0.2, 0.25) is 0 Å². The summed E-state index contributed by atoms with van der Waals surface area (Å²) in [6.45, 7) is 0. The van der Waals surface area contributed by atoms with Gasteiger partial charge in [-0.2, -0.15) is 18.4 Å². The number of halogens is 5. The SMILES string of the molecule is FC(F)(F)c1cnc(C(c2ccc(Cl)cc2)c2nn[nH]n2)c(Cl)c1. The Morgan fingerprint density at radius 2 is 1.79 bits per heavy atom. The van der Waals surface area contributed by atoms with Crippen molar-refractivity contribution in [1.29, 1.82) is 0 Å². The Bertz CT molecular complexity index is 835. The van der Waals surface area contributed by atoms with Crippen molar-refractivity contribution in [2.75, 3.05) is 0 Å². The number of nitrogens with zero attached hydrogens (tertiary/aromatic N) is 4. The average Bonchev–Trinajstić information content (AvgIpc) is 3.04. The van der Waals surface area contributed by atoms with Crippen LogP contribution < -0.4 is 0 Å². The zero-order chi connectivity index (χ0) is 17.3. The lowest BCUT2D eigenvalue weighted by Gasteiger charge is -2.16. The number of hydrogen-bond acceptors (Lipinski definition) is 4. The van der Waals surface area contributed by atoms with Gasteiger partial charge < -0.3 is 0 Å². The van der Waals surface area contributed by atoms with Crippen molar-refractivity contribution in [3.63, 3.8) is 0 Å². The molecule has 0 bridgehead atoms. The predicted molar refractivity (Wildman–Crippen MR) is 80.8 cm³/mol. The number of tetrazole rings is 1. The van der Waals surface area contributed by atoms with Crippen LogP contribution in [0.15, 0.2) is 36.5 Å². The first kappa shape index (κ1) is 16.7. The van der Waals surface area contributed by atoms with Crippen LogP contribution in [0, 0.1) is 0 Å². The minimum atomic E-state index is -4.53. The van der Waals surface area contributed by atoms with Gasteiger partial charge in [-0.1, -0.05) is 40.5 Å². The van der Waals surface area contributed by atoms with E-state index in [1.165, 1.54) is 0 Å². The van der Waals surface area contributed by atoms with E-state index < -0.39 is 17.7 Å². The maximum atomic E-state index is 12.8. The highest BCUT2D eigenvalue weighted by Crippen LogP contribution is 2.36. The van der Waals surface area contributed by atoms with E-state index >= 15 is 0 Å². The van der Waals surface area contributed by atoms with Crippen LogP contribution in [0.1, 0.15) is 28.6 Å². The lowest BCUT2D eigenvalue weighted by atomic mass is 9.94. The molecule has 2 aromatic heterocycles. The fraction of sp³-hybridized carbons (Fsp3) is 0.143. The molecule has 0 aliphatic heterocycles. The largest absolute Gasteiger partial charge is 0.417 e. The van der Waals surface area contributed by atoms with Crippen molar-refractivity contribution < 1.29 is 13.2 Å². The lowest BCUT2D eigenvalue weighted by Crippen LogP contribution is -2.11. The zero-order valence-electron chi connectivity index (χ0n) is 11.7. The first-order valence-electron chi connectivity index (χ1n) is 6.57. The fourth-order valence-electron chi connectivity index (χ4n) is 2.19. The summed E-state index contributed by atoms with van der Waals surface area (Å²) in [5, 5.41) is 14.0. The number of nitrogens with one attached hydrogen (secondary N) is 1. The molecule has 10 heteroatoms. The summed E-state index contributed by atoms with van der Waals surface area (Å²) in [5.74, 6) is -0.456. The van der Waals surface area contributed by atoms with E-state index in [0.29, 0.717) is 10.6 Å². The van der Waals surface area contributed by atoms with Crippen molar-refractivity contribution in [3.05, 3.63) is 69.2 Å². The monoisotopic (exact) mass is 373 g/mol. The molecule has 2 heterocycles. The molecule has 3 rings (SSSR count). The first-order valence-corrected chi connectivity index (χ1v) is 7.33. The molecule has 1 N–H and O–H groups in total. The van der Waals surface area contributed by atoms with Gasteiger partial charge in [0.25, 0.3) is 0 Å². The predicted octanol–water partition coefficient (Wildman–Crippen LogP) is 4.10. The van der Waals surface area contributed by atoms with Crippen molar-refractivity contribution in [3.8, 4) is 0 Å². The molecular weight excluding hydrogens is 366 g/mol. The highest BCUT2D eigenvalue weighted by atomic mass is 35.5. The average molecular weight is 374 g/mol. The third-order valence-corrected chi connectivity index (χ3v) is 3.85. The highest BCUT2D eigenvalue weighted by molar-refractivity contribution is 6.31. The number of pyridine rings is 1. The zero-order valence-corrected chi connectivity index (χ0v) is 13.2. The topological polar surface area (TPSA) is 67.3 Å². The second kappa shape index (κ2) is 6.37. The summed E-state index contributed by atoms with van der Waals surface area (Å²) in [7, 11) is 0. The summed E-state index contributed by atoms with van der Waals surface area (Å²) in [6, 6.07) is 7.49. The molecule has 5 nitrogen and oxygen atoms in total. The summed E-state index contributed by atoms with van der Waals surface area (Å²) in [6.07, 6.45) is -3.80. The smallest absolute Gasteiger partial charge is 0.258 e. The fourth-order valence-corrected chi connectivity index (χ4v) is 2.59. The number of hydrogen-bond donors (Lipinski definition) is 1. The van der Waals surface area contributed by atoms with Crippen molar-refractivity contribution >= 4 is 23.2 Å². The van der Waals surface area contributed by atoms with E-state index in [1.54, 1.807) is 24.3 Å². The Kier molecular flexibility index (Phi) is 4.42. The molecule has 124 valence electrons. The van der Waals surface area contributed by atoms with Crippen LogP contribution in [0.25, 0.3) is 0 Å². The molecule has 0 amide bonds. The molecule has 24 heavy (non-hydrogen) atoms. The lowest BCUT2D eigenvalue weighted by molar-refractivity contribution is -0.137. The van der Waals surface area contributed by atoms with Gasteiger partial charge in [0.05, 0.1) is 22.2 Å². The molecule has 0 aliphatic carbocycles. The van der Waals surface area contributed by atoms with Crippen LogP contribution >= 0.6 is 23.2 Å². The van der Waals surface area contributed by atoms with Gasteiger partial charge in [-0.3, -0.25) is 4.98 Å². The van der Waals surface area contributed by atoms with Crippen LogP contribution in [0.5, 0.6) is 0 Å². The number of H-pyrrole nitrogens is 1. The maximum Gasteiger partial charge on any atom is 0.417 e. The number of alkyl halides is 3. The van der Waals surface area contributed by atoms with Crippen molar-refractivity contribution in [2.24, 2.45) is 0 Å². The highest BCUT2D eigenvalue weighted by Gasteiger charge is 2.33. The van der Waals surface area contributed by atoms with E-state index in [1.807, 2.05) is 0 Å². The van der Waals surface area contributed by atoms with E-state index in [0.717, 1.165) is 12.3 Å². The molecule has 3 aromatic rings. The molecule has 0 fully saturated rings. The number of aromatic amines is 1. The Morgan fingerprint density at radius 3 is 2.33 bits per heavy atom. The van der Waals surface area contributed by atoms with Gasteiger partial charge >= 0.3 is 6.18 Å². The number of benzene rings is 1. The number of rotatable bonds is 3. The standard InChI is InChI=1S/C14H8Cl2F3N5/c15-9-3-1-7(2-4-9)11(13-21-23-24-22-13)12-10(16)5-8(6-20-12)14(17,18)19/h1-6,11H,(H,21,22,23,24). The molecule has 0 saturated carbocycles. The molecule has 0 radical (unpaired) electrons. The Balaban J connectivity index is 2.11. The molecular formula is C14H8Cl2F3N5. The van der Waals surface area contributed by atoms with Crippen LogP contribution in [0.2, 0.25) is 10.0 Å². The Hall–Kier alpha value is -2.19. The first-order chi connectivity index (χ1) is 11.4. The third kappa shape index (κ3) is 3.34. The van der Waals surface area contributed by atoms with E-state index in [4.69, 9.17) is 23.2 Å². The molecule has 0 aliphatic rings. The second-order valence-corrected chi connectivity index (χ2v) is 5.69. The quantitative estimate of drug-likeness (QED) is 0.750. The molecule has 1 atom stereocenters. The number of aromatic nitrogens is 5. The Morgan fingerprint density at radius 1 is 1.08 bits per heavy atom. The van der Waals surface area contributed by atoms with E-state index in [2.05, 4.69) is 25.6 Å². The van der Waals surface area contributed by atoms with Gasteiger partial charge in [-0.15, -0.1) is 10.2 Å². The van der Waals surface area contributed by atoms with Gasteiger partial charge in [0, 0.05) is 11.2 Å². The van der Waals surface area contributed by atoms with Crippen LogP contribution in [0.4, 0.5) is 13.2 Å². The minimum absolute atomic E-state index is 0.144. The third-order valence-electron chi connectivity index (χ3n) is 3.29. The Labute approximate surface area is 143 Å². The summed E-state index contributed by atoms with van der Waals surface area (Å²) in [4.78, 5) is 3.89. The normalized spacial score (nSPS) is 13.0. The van der Waals surface area contributed by atoms with Gasteiger partial charge in [0.15, 0.2) is 5.82 Å². The summed E-state index contributed by atoms with van der Waals surface area (Å²) < 4.78 is 38.4. The van der Waals surface area contributed by atoms with Crippen LogP contribution in [0.3, 0.4) is 0 Å². The molecule has 0 spiro atoms. The van der Waals surface area contributed by atoms with Crippen LogP contribution in [-0.2, 0) is 6.18 Å². The maximum absolute atomic E-state index is 12.8. The van der Waals surface area contributed by atoms with E-state index in [9.17, 15) is 13.2 Å². The van der Waals surface area contributed by atoms with Gasteiger partial charge in [-0.05, 0) is 23.8 Å². The summed E-state index contributed by atoms with van der Waals surface area (Å²) >= 11 is 11.9. The molecule has 1 unspecified atom stereocenters. The van der Waals surface area contributed by atoms with Gasteiger partial charge in [-0.25, -0.2) is 0 Å². The second-order valence-electron chi connectivity index (χ2n) is 4.84. The van der Waals surface area contributed by atoms with Crippen molar-refractivity contribution in [2.45, 2.75) is 12.1 Å². The molecule has 0 saturated heterocycles. The summed E-state index contributed by atoms with van der Waals surface area (Å²) in [5.41, 5.74) is -0.0810. The van der Waals surface area contributed by atoms with Crippen LogP contribution in [-0.4, -0.2) is 25.6 Å². The molecule has 1 aromatic carbocycles. The van der Waals surface area contributed by atoms with Gasteiger partial charge in [0.1, 0.15) is 0 Å². The minimum Gasteiger partial charge on any atom is -0.258 e. The van der Waals surface area contributed by atoms with Crippen molar-refractivity contribution in [1.82, 2.24) is 25.6 Å².